The fourth-order valence-electron chi connectivity index (χ4n) is 3.08. The number of aromatic hydroxyl groups is 1. The Labute approximate surface area is 150 Å². The second kappa shape index (κ2) is 7.83. The molecule has 1 aliphatic rings. The number of quaternary nitrogens is 1. The van der Waals surface area contributed by atoms with Gasteiger partial charge >= 0.3 is 0 Å². The normalized spacial score (nSPS) is 14.8. The molecule has 0 bridgehead atoms. The van der Waals surface area contributed by atoms with Gasteiger partial charge in [-0.15, -0.1) is 0 Å². The highest BCUT2D eigenvalue weighted by atomic mass is 16.6. The molecule has 0 aliphatic carbocycles. The van der Waals surface area contributed by atoms with E-state index in [-0.39, 0.29) is 29.6 Å². The van der Waals surface area contributed by atoms with Crippen LogP contribution >= 0.6 is 0 Å². The van der Waals surface area contributed by atoms with Crippen molar-refractivity contribution in [2.75, 3.05) is 42.9 Å². The maximum atomic E-state index is 12.2. The average Bonchev–Trinajstić information content (AvgIpc) is 2.63. The summed E-state index contributed by atoms with van der Waals surface area (Å²) in [5, 5.41) is 23.0. The largest absolute Gasteiger partial charge is 0.508 e. The van der Waals surface area contributed by atoms with Crippen molar-refractivity contribution in [2.24, 2.45) is 0 Å². The quantitative estimate of drug-likeness (QED) is 0.539. The molecule has 1 amide bonds. The van der Waals surface area contributed by atoms with E-state index >= 15 is 0 Å². The molecular weight excluding hydrogens is 336 g/mol. The molecule has 0 unspecified atom stereocenters. The first-order chi connectivity index (χ1) is 12.5. The molecule has 136 valence electrons. The molecule has 3 rings (SSSR count). The second-order valence-electron chi connectivity index (χ2n) is 6.25. The number of hydrogen-bond donors (Lipinski definition) is 3. The van der Waals surface area contributed by atoms with Gasteiger partial charge in [0.2, 0.25) is 0 Å². The van der Waals surface area contributed by atoms with E-state index in [4.69, 9.17) is 0 Å². The van der Waals surface area contributed by atoms with Crippen molar-refractivity contribution >= 4 is 23.0 Å². The monoisotopic (exact) mass is 357 g/mol. The standard InChI is InChI=1S/C18H20N4O4/c23-15-7-5-14(6-8-15)21-11-9-20(10-12-21)13-18(24)19-16-3-1-2-4-17(16)22(25)26/h1-8,23H,9-13H2,(H,19,24)/p+1. The van der Waals surface area contributed by atoms with Crippen LogP contribution < -0.4 is 15.1 Å². The molecule has 3 N–H and O–H groups in total. The summed E-state index contributed by atoms with van der Waals surface area (Å²) in [5.41, 5.74) is 1.17. The molecular formula is C18H21N4O4+. The predicted octanol–water partition coefficient (Wildman–Crippen LogP) is 0.644. The molecule has 0 atom stereocenters. The maximum absolute atomic E-state index is 12.2. The van der Waals surface area contributed by atoms with Gasteiger partial charge in [0.15, 0.2) is 6.54 Å². The number of carbonyl (C=O) groups excluding carboxylic acids is 1. The van der Waals surface area contributed by atoms with E-state index in [0.717, 1.165) is 36.8 Å². The number of phenolic OH excluding ortho intramolecular Hbond substituents is 1. The van der Waals surface area contributed by atoms with Gasteiger partial charge in [-0.05, 0) is 30.3 Å². The lowest BCUT2D eigenvalue weighted by atomic mass is 10.2. The molecule has 8 heteroatoms. The second-order valence-corrected chi connectivity index (χ2v) is 6.25. The molecule has 8 nitrogen and oxygen atoms in total. The van der Waals surface area contributed by atoms with Gasteiger partial charge in [-0.2, -0.15) is 0 Å². The number of carbonyl (C=O) groups is 1. The van der Waals surface area contributed by atoms with Crippen LogP contribution in [0.2, 0.25) is 0 Å². The van der Waals surface area contributed by atoms with Gasteiger partial charge in [0, 0.05) is 11.8 Å². The van der Waals surface area contributed by atoms with Gasteiger partial charge in [0.1, 0.15) is 11.4 Å². The van der Waals surface area contributed by atoms with Crippen molar-refractivity contribution in [1.29, 1.82) is 0 Å². The van der Waals surface area contributed by atoms with Gasteiger partial charge in [-0.25, -0.2) is 0 Å². The summed E-state index contributed by atoms with van der Waals surface area (Å²) < 4.78 is 0. The molecule has 1 saturated heterocycles. The number of nitro groups is 1. The number of piperazine rings is 1. The van der Waals surface area contributed by atoms with Gasteiger partial charge in [-0.1, -0.05) is 12.1 Å². The summed E-state index contributed by atoms with van der Waals surface area (Å²) in [6.45, 7) is 3.48. The molecule has 0 aromatic heterocycles. The van der Waals surface area contributed by atoms with Crippen LogP contribution in [0.15, 0.2) is 48.5 Å². The van der Waals surface area contributed by atoms with Crippen molar-refractivity contribution in [2.45, 2.75) is 0 Å². The van der Waals surface area contributed by atoms with Crippen LogP contribution in [0, 0.1) is 10.1 Å². The number of nitrogens with one attached hydrogen (secondary N) is 2. The first-order valence-electron chi connectivity index (χ1n) is 8.44. The summed E-state index contributed by atoms with van der Waals surface area (Å²) >= 11 is 0. The van der Waals surface area contributed by atoms with Crippen molar-refractivity contribution in [3.8, 4) is 5.75 Å². The van der Waals surface area contributed by atoms with Crippen LogP contribution in [-0.2, 0) is 4.79 Å². The molecule has 26 heavy (non-hydrogen) atoms. The number of nitrogens with zero attached hydrogens (tertiary/aromatic N) is 2. The smallest absolute Gasteiger partial charge is 0.292 e. The first kappa shape index (κ1) is 17.7. The Morgan fingerprint density at radius 1 is 1.15 bits per heavy atom. The minimum Gasteiger partial charge on any atom is -0.508 e. The van der Waals surface area contributed by atoms with Crippen LogP contribution in [-0.4, -0.2) is 48.7 Å². The minimum atomic E-state index is -0.501. The topological polar surface area (TPSA) is 100 Å². The van der Waals surface area contributed by atoms with Crippen molar-refractivity contribution in [3.05, 3.63) is 58.6 Å². The Morgan fingerprint density at radius 2 is 1.81 bits per heavy atom. The lowest BCUT2D eigenvalue weighted by molar-refractivity contribution is -0.892. The van der Waals surface area contributed by atoms with Gasteiger partial charge in [-0.3, -0.25) is 14.9 Å². The van der Waals surface area contributed by atoms with E-state index < -0.39 is 4.92 Å². The van der Waals surface area contributed by atoms with E-state index in [1.165, 1.54) is 12.1 Å². The van der Waals surface area contributed by atoms with Gasteiger partial charge in [0.05, 0.1) is 31.1 Å². The highest BCUT2D eigenvalue weighted by molar-refractivity contribution is 5.93. The summed E-state index contributed by atoms with van der Waals surface area (Å²) in [4.78, 5) is 26.1. The SMILES string of the molecule is O=C(C[NH+]1CCN(c2ccc(O)cc2)CC1)Nc1ccccc1[N+](=O)[O-]. The number of anilines is 2. The van der Waals surface area contributed by atoms with Crippen molar-refractivity contribution < 1.29 is 19.7 Å². The number of benzene rings is 2. The Hall–Kier alpha value is -3.13. The Balaban J connectivity index is 1.52. The summed E-state index contributed by atoms with van der Waals surface area (Å²) in [7, 11) is 0. The molecule has 1 aliphatic heterocycles. The Bertz CT molecular complexity index is 786. The van der Waals surface area contributed by atoms with E-state index in [2.05, 4.69) is 10.2 Å². The van der Waals surface area contributed by atoms with E-state index in [0.29, 0.717) is 0 Å². The van der Waals surface area contributed by atoms with Gasteiger partial charge < -0.3 is 20.2 Å². The third-order valence-corrected chi connectivity index (χ3v) is 4.47. The van der Waals surface area contributed by atoms with Crippen LogP contribution in [0.1, 0.15) is 0 Å². The number of rotatable bonds is 5. The lowest BCUT2D eigenvalue weighted by Gasteiger charge is -2.33. The van der Waals surface area contributed by atoms with Crippen molar-refractivity contribution in [3.63, 3.8) is 0 Å². The van der Waals surface area contributed by atoms with Gasteiger partial charge in [0.25, 0.3) is 11.6 Å². The van der Waals surface area contributed by atoms with Crippen LogP contribution in [0.4, 0.5) is 17.1 Å². The zero-order valence-electron chi connectivity index (χ0n) is 14.2. The first-order valence-corrected chi connectivity index (χ1v) is 8.44. The molecule has 2 aromatic carbocycles. The van der Waals surface area contributed by atoms with Crippen LogP contribution in [0.25, 0.3) is 0 Å². The molecule has 1 heterocycles. The molecule has 1 fully saturated rings. The zero-order chi connectivity index (χ0) is 18.5. The number of nitro benzene ring substituents is 1. The maximum Gasteiger partial charge on any atom is 0.292 e. The fourth-order valence-corrected chi connectivity index (χ4v) is 3.08. The third kappa shape index (κ3) is 4.28. The summed E-state index contributed by atoms with van der Waals surface area (Å²) in [6.07, 6.45) is 0. The Kier molecular flexibility index (Phi) is 5.33. The highest BCUT2D eigenvalue weighted by Gasteiger charge is 2.23. The number of amides is 1. The van der Waals surface area contributed by atoms with Crippen molar-refractivity contribution in [1.82, 2.24) is 0 Å². The number of hydrogen-bond acceptors (Lipinski definition) is 5. The number of para-hydroxylation sites is 2. The molecule has 2 aromatic rings. The predicted molar refractivity (Wildman–Crippen MR) is 97.6 cm³/mol. The zero-order valence-corrected chi connectivity index (χ0v) is 14.2. The molecule has 0 radical (unpaired) electrons. The average molecular weight is 357 g/mol. The Morgan fingerprint density at radius 3 is 2.46 bits per heavy atom. The minimum absolute atomic E-state index is 0.104. The van der Waals surface area contributed by atoms with Crippen LogP contribution in [0.5, 0.6) is 5.75 Å². The number of phenols is 1. The summed E-state index contributed by atoms with van der Waals surface area (Å²) in [5.74, 6) is 0.0112. The van der Waals surface area contributed by atoms with E-state index in [1.54, 1.807) is 24.3 Å². The lowest BCUT2D eigenvalue weighted by Crippen LogP contribution is -3.15. The molecule has 0 spiro atoms. The van der Waals surface area contributed by atoms with E-state index in [1.807, 2.05) is 12.1 Å². The third-order valence-electron chi connectivity index (χ3n) is 4.47. The fraction of sp³-hybridized carbons (Fsp3) is 0.278. The van der Waals surface area contributed by atoms with Crippen LogP contribution in [0.3, 0.4) is 0 Å². The van der Waals surface area contributed by atoms with E-state index in [9.17, 15) is 20.0 Å². The summed E-state index contributed by atoms with van der Waals surface area (Å²) in [6, 6.07) is 13.2. The highest BCUT2D eigenvalue weighted by Crippen LogP contribution is 2.22. The molecule has 0 saturated carbocycles.